The summed E-state index contributed by atoms with van der Waals surface area (Å²) >= 11 is 0. The van der Waals surface area contributed by atoms with Gasteiger partial charge in [0.25, 0.3) is 0 Å². The van der Waals surface area contributed by atoms with Crippen LogP contribution in [-0.2, 0) is 4.74 Å². The lowest BCUT2D eigenvalue weighted by Crippen LogP contribution is -2.50. The van der Waals surface area contributed by atoms with Gasteiger partial charge in [-0.1, -0.05) is 0 Å². The molecule has 1 aromatic rings. The van der Waals surface area contributed by atoms with Crippen LogP contribution in [0, 0.1) is 5.92 Å². The number of halogens is 2. The molecule has 130 valence electrons. The predicted molar refractivity (Wildman–Crippen MR) is 67.5 cm³/mol. The topological polar surface area (TPSA) is 177 Å². The number of hydrogen-bond acceptors (Lipinski definition) is 9. The van der Waals surface area contributed by atoms with E-state index in [0.717, 1.165) is 12.3 Å². The number of ether oxygens (including phenoxy) is 1. The van der Waals surface area contributed by atoms with Gasteiger partial charge < -0.3 is 30.5 Å². The minimum Gasteiger partial charge on any atom is -0.655 e. The molecule has 13 heteroatoms. The van der Waals surface area contributed by atoms with E-state index in [9.17, 15) is 28.5 Å². The summed E-state index contributed by atoms with van der Waals surface area (Å²) in [5.74, 6) is -2.66. The van der Waals surface area contributed by atoms with Crippen molar-refractivity contribution in [2.75, 3.05) is 12.3 Å². The Morgan fingerprint density at radius 1 is 1.52 bits per heavy atom. The molecule has 2 rings (SSSR count). The largest absolute Gasteiger partial charge is 0.655 e. The molecule has 2 heterocycles. The number of aromatic nitrogens is 2. The number of nitrogens with two attached hydrogens (primary N) is 1. The molecule has 23 heavy (non-hydrogen) atoms. The summed E-state index contributed by atoms with van der Waals surface area (Å²) in [6, 6.07) is 1.13. The maximum atomic E-state index is 13.9. The zero-order chi connectivity index (χ0) is 17.6. The van der Waals surface area contributed by atoms with E-state index in [1.54, 1.807) is 0 Å². The first-order valence-corrected chi connectivity index (χ1v) is 7.79. The summed E-state index contributed by atoms with van der Waals surface area (Å²) in [5, 5.41) is 19.1. The van der Waals surface area contributed by atoms with Crippen LogP contribution in [0.15, 0.2) is 17.1 Å². The number of hydrogen-bond donors (Lipinski definition) is 4. The molecule has 0 unspecified atom stereocenters. The van der Waals surface area contributed by atoms with Crippen LogP contribution < -0.4 is 21.2 Å². The van der Waals surface area contributed by atoms with Crippen molar-refractivity contribution in [3.8, 4) is 0 Å². The highest BCUT2D eigenvalue weighted by molar-refractivity contribution is 7.57. The number of nitrogens with zero attached hydrogens (tertiary/aromatic N) is 2. The number of aliphatic hydroxyl groups is 2. The van der Waals surface area contributed by atoms with Crippen LogP contribution in [-0.4, -0.2) is 49.1 Å². The van der Waals surface area contributed by atoms with Gasteiger partial charge in [-0.3, -0.25) is 9.46 Å². The first kappa shape index (κ1) is 18.1. The van der Waals surface area contributed by atoms with Gasteiger partial charge in [0.2, 0.25) is 0 Å². The average molecular weight is 356 g/mol. The summed E-state index contributed by atoms with van der Waals surface area (Å²) in [4.78, 5) is 45.5. The standard InChI is InChI=1S/C10H14F2N3O7P/c11-10(12,23(19,20)21)6-4(3-16)22-8(7(6)17)15-2-1-5(13)14-9(15)18/h1-2,4,6-8,16-17H,3H2,(H2,13,14,18)(H2,19,20,21)/p-1/t4-,6-,7-,8-/m1/s1. The maximum absolute atomic E-state index is 13.9. The number of alkyl halides is 2. The van der Waals surface area contributed by atoms with Gasteiger partial charge in [0.1, 0.15) is 25.8 Å². The lowest BCUT2D eigenvalue weighted by Gasteiger charge is -2.39. The summed E-state index contributed by atoms with van der Waals surface area (Å²) in [6.07, 6.45) is -4.80. The SMILES string of the molecule is Nc1ccn([C@@H]2O[C@H](CO)[C@@H](C(F)(F)[P+]([O-])([O-])O)[C@H]2O)c(=O)n1. The van der Waals surface area contributed by atoms with E-state index in [2.05, 4.69) is 4.98 Å². The van der Waals surface area contributed by atoms with E-state index in [4.69, 9.17) is 20.5 Å². The Morgan fingerprint density at radius 3 is 2.61 bits per heavy atom. The smallest absolute Gasteiger partial charge is 0.377 e. The van der Waals surface area contributed by atoms with E-state index in [1.807, 2.05) is 0 Å². The number of rotatable bonds is 4. The molecular weight excluding hydrogens is 343 g/mol. The highest BCUT2D eigenvalue weighted by atomic mass is 31.2. The fraction of sp³-hybridized carbons (Fsp3) is 0.600. The first-order chi connectivity index (χ1) is 10.5. The van der Waals surface area contributed by atoms with Crippen LogP contribution in [0.5, 0.6) is 0 Å². The Labute approximate surface area is 128 Å². The molecule has 5 N–H and O–H groups in total. The number of nitrogen functional groups attached to an aromatic ring is 1. The highest BCUT2D eigenvalue weighted by Crippen LogP contribution is 2.60. The second-order valence-electron chi connectivity index (χ2n) is 4.91. The normalized spacial score (nSPS) is 29.0. The van der Waals surface area contributed by atoms with Gasteiger partial charge in [-0.05, 0) is 6.07 Å². The molecule has 10 nitrogen and oxygen atoms in total. The lowest BCUT2D eigenvalue weighted by atomic mass is 9.98. The van der Waals surface area contributed by atoms with Gasteiger partial charge in [0.15, 0.2) is 6.23 Å². The van der Waals surface area contributed by atoms with E-state index in [-0.39, 0.29) is 5.82 Å². The van der Waals surface area contributed by atoms with Crippen LogP contribution in [0.4, 0.5) is 14.6 Å². The Balaban J connectivity index is 2.43. The molecule has 0 saturated carbocycles. The third kappa shape index (κ3) is 3.06. The van der Waals surface area contributed by atoms with Crippen molar-refractivity contribution in [2.24, 2.45) is 5.92 Å². The molecule has 0 aliphatic carbocycles. The molecule has 0 spiro atoms. The van der Waals surface area contributed by atoms with E-state index >= 15 is 0 Å². The molecule has 1 saturated heterocycles. The highest BCUT2D eigenvalue weighted by Gasteiger charge is 2.64. The van der Waals surface area contributed by atoms with Crippen LogP contribution in [0.1, 0.15) is 6.23 Å². The van der Waals surface area contributed by atoms with Crippen molar-refractivity contribution in [3.63, 3.8) is 0 Å². The molecular formula is C10H13F2N3O7P-. The number of aliphatic hydroxyl groups excluding tert-OH is 2. The number of anilines is 1. The Bertz CT molecular complexity index is 638. The molecule has 4 atom stereocenters. The van der Waals surface area contributed by atoms with E-state index in [0.29, 0.717) is 4.57 Å². The van der Waals surface area contributed by atoms with Crippen LogP contribution in [0.2, 0.25) is 0 Å². The quantitative estimate of drug-likeness (QED) is 0.404. The average Bonchev–Trinajstić information content (AvgIpc) is 2.75. The van der Waals surface area contributed by atoms with Gasteiger partial charge >= 0.3 is 11.4 Å². The minimum atomic E-state index is -6.20. The molecule has 0 amide bonds. The molecule has 1 aliphatic rings. The first-order valence-electron chi connectivity index (χ1n) is 6.21. The monoisotopic (exact) mass is 356 g/mol. The van der Waals surface area contributed by atoms with Gasteiger partial charge in [-0.15, -0.1) is 0 Å². The Kier molecular flexibility index (Phi) is 4.70. The second kappa shape index (κ2) is 5.98. The summed E-state index contributed by atoms with van der Waals surface area (Å²) in [5.41, 5.74) is -0.547. The van der Waals surface area contributed by atoms with Crippen LogP contribution in [0.3, 0.4) is 0 Å². The molecule has 1 aromatic heterocycles. The van der Waals surface area contributed by atoms with Crippen molar-refractivity contribution < 1.29 is 38.4 Å². The molecule has 1 aliphatic heterocycles. The summed E-state index contributed by atoms with van der Waals surface area (Å²) in [7, 11) is -6.20. The minimum absolute atomic E-state index is 0.168. The van der Waals surface area contributed by atoms with Crippen molar-refractivity contribution in [1.29, 1.82) is 0 Å². The van der Waals surface area contributed by atoms with Crippen molar-refractivity contribution in [1.82, 2.24) is 9.55 Å². The summed E-state index contributed by atoms with van der Waals surface area (Å²) < 4.78 is 33.3. The van der Waals surface area contributed by atoms with Crippen LogP contribution in [0.25, 0.3) is 0 Å². The predicted octanol–water partition coefficient (Wildman–Crippen LogP) is -3.24. The third-order valence-corrected chi connectivity index (χ3v) is 4.51. The van der Waals surface area contributed by atoms with Crippen molar-refractivity contribution in [3.05, 3.63) is 22.7 Å². The van der Waals surface area contributed by atoms with E-state index < -0.39 is 50.3 Å². The molecule has 0 aromatic carbocycles. The van der Waals surface area contributed by atoms with Crippen LogP contribution >= 0.6 is 7.94 Å². The Hall–Kier alpha value is -1.27. The maximum Gasteiger partial charge on any atom is 0.377 e. The zero-order valence-electron chi connectivity index (χ0n) is 11.3. The Morgan fingerprint density at radius 2 is 2.13 bits per heavy atom. The second-order valence-corrected chi connectivity index (χ2v) is 6.55. The lowest BCUT2D eigenvalue weighted by molar-refractivity contribution is -0.357. The third-order valence-electron chi connectivity index (χ3n) is 3.46. The molecule has 0 radical (unpaired) electrons. The van der Waals surface area contributed by atoms with Crippen molar-refractivity contribution in [2.45, 2.75) is 24.1 Å². The molecule has 0 bridgehead atoms. The van der Waals surface area contributed by atoms with E-state index in [1.165, 1.54) is 0 Å². The van der Waals surface area contributed by atoms with Gasteiger partial charge in [0, 0.05) is 6.20 Å². The van der Waals surface area contributed by atoms with Gasteiger partial charge in [0.05, 0.1) is 12.7 Å². The zero-order valence-corrected chi connectivity index (χ0v) is 12.2. The van der Waals surface area contributed by atoms with Crippen molar-refractivity contribution >= 4 is 13.8 Å². The fourth-order valence-corrected chi connectivity index (χ4v) is 3.06. The summed E-state index contributed by atoms with van der Waals surface area (Å²) in [6.45, 7) is -1.08. The van der Waals surface area contributed by atoms with Gasteiger partial charge in [-0.2, -0.15) is 13.8 Å². The molecule has 1 fully saturated rings. The van der Waals surface area contributed by atoms with Gasteiger partial charge in [-0.25, -0.2) is 4.79 Å². The fourth-order valence-electron chi connectivity index (χ4n) is 2.37.